The van der Waals surface area contributed by atoms with Gasteiger partial charge in [0.2, 0.25) is 0 Å². The lowest BCUT2D eigenvalue weighted by molar-refractivity contribution is 0.247. The summed E-state index contributed by atoms with van der Waals surface area (Å²) < 4.78 is 11.3. The van der Waals surface area contributed by atoms with Crippen molar-refractivity contribution < 1.29 is 9.47 Å². The zero-order chi connectivity index (χ0) is 17.8. The Kier molecular flexibility index (Phi) is 5.72. The molecule has 0 saturated heterocycles. The Labute approximate surface area is 158 Å². The third-order valence-electron chi connectivity index (χ3n) is 4.05. The standard InChI is InChI=1S/C21H19Cl2O2/c1-3-25-21-17(14-7-10-16(24-2)11-8-14)5-4-6-18(21)15-9-12-19(22)20(23)13-15/h5-13H,3-4H2,1-2H3. The first-order valence-electron chi connectivity index (χ1n) is 8.14. The Bertz CT molecular complexity index is 820. The summed E-state index contributed by atoms with van der Waals surface area (Å²) in [6.45, 7) is 2.57. The maximum atomic E-state index is 6.21. The lowest BCUT2D eigenvalue weighted by atomic mass is 9.89. The van der Waals surface area contributed by atoms with E-state index in [1.54, 1.807) is 7.11 Å². The van der Waals surface area contributed by atoms with Gasteiger partial charge in [-0.1, -0.05) is 47.5 Å². The Hall–Kier alpha value is -1.90. The minimum absolute atomic E-state index is 0.538. The molecule has 0 heterocycles. The van der Waals surface area contributed by atoms with Gasteiger partial charge in [-0.15, -0.1) is 0 Å². The predicted octanol–water partition coefficient (Wildman–Crippen LogP) is 6.44. The van der Waals surface area contributed by atoms with E-state index < -0.39 is 0 Å². The van der Waals surface area contributed by atoms with Gasteiger partial charge in [-0.2, -0.15) is 0 Å². The van der Waals surface area contributed by atoms with Gasteiger partial charge in [-0.3, -0.25) is 0 Å². The summed E-state index contributed by atoms with van der Waals surface area (Å²) in [5, 5.41) is 1.09. The van der Waals surface area contributed by atoms with Gasteiger partial charge in [0.1, 0.15) is 11.5 Å². The highest BCUT2D eigenvalue weighted by Gasteiger charge is 2.21. The molecule has 0 unspecified atom stereocenters. The molecule has 0 amide bonds. The third kappa shape index (κ3) is 3.86. The molecule has 0 spiro atoms. The van der Waals surface area contributed by atoms with Crippen molar-refractivity contribution >= 4 is 34.3 Å². The molecule has 4 heteroatoms. The molecule has 129 valence electrons. The monoisotopic (exact) mass is 373 g/mol. The molecule has 1 radical (unpaired) electrons. The van der Waals surface area contributed by atoms with Gasteiger partial charge in [-0.05, 0) is 55.2 Å². The maximum Gasteiger partial charge on any atom is 0.130 e. The van der Waals surface area contributed by atoms with E-state index in [1.165, 1.54) is 0 Å². The Morgan fingerprint density at radius 3 is 2.32 bits per heavy atom. The fourth-order valence-electron chi connectivity index (χ4n) is 2.86. The number of ether oxygens (including phenoxy) is 2. The van der Waals surface area contributed by atoms with Gasteiger partial charge in [0.25, 0.3) is 0 Å². The van der Waals surface area contributed by atoms with E-state index in [4.69, 9.17) is 32.7 Å². The number of hydrogen-bond donors (Lipinski definition) is 0. The molecule has 2 nitrogen and oxygen atoms in total. The van der Waals surface area contributed by atoms with Crippen LogP contribution in [0.4, 0.5) is 0 Å². The summed E-state index contributed by atoms with van der Waals surface area (Å²) in [6.07, 6.45) is 5.15. The van der Waals surface area contributed by atoms with E-state index >= 15 is 0 Å². The van der Waals surface area contributed by atoms with Gasteiger partial charge in [0.15, 0.2) is 0 Å². The van der Waals surface area contributed by atoms with Gasteiger partial charge in [0, 0.05) is 11.1 Å². The van der Waals surface area contributed by atoms with Crippen LogP contribution in [0.15, 0.2) is 54.3 Å². The first-order valence-corrected chi connectivity index (χ1v) is 8.90. The van der Waals surface area contributed by atoms with Gasteiger partial charge >= 0.3 is 0 Å². The van der Waals surface area contributed by atoms with Crippen LogP contribution in [0, 0.1) is 6.42 Å². The third-order valence-corrected chi connectivity index (χ3v) is 4.79. The minimum atomic E-state index is 0.538. The molecule has 0 fully saturated rings. The summed E-state index contributed by atoms with van der Waals surface area (Å²) in [5.74, 6) is 1.69. The second kappa shape index (κ2) is 7.99. The molecule has 0 atom stereocenters. The van der Waals surface area contributed by atoms with E-state index in [-0.39, 0.29) is 0 Å². The fraction of sp³-hybridized carbons (Fsp3) is 0.190. The normalized spacial score (nSPS) is 14.3. The number of benzene rings is 2. The number of allylic oxidation sites excluding steroid dienone is 3. The van der Waals surface area contributed by atoms with Gasteiger partial charge in [-0.25, -0.2) is 0 Å². The Balaban J connectivity index is 2.07. The van der Waals surface area contributed by atoms with Crippen LogP contribution in [0.5, 0.6) is 5.75 Å². The van der Waals surface area contributed by atoms with E-state index in [0.717, 1.165) is 40.2 Å². The zero-order valence-corrected chi connectivity index (χ0v) is 15.7. The zero-order valence-electron chi connectivity index (χ0n) is 14.2. The highest BCUT2D eigenvalue weighted by atomic mass is 35.5. The van der Waals surface area contributed by atoms with Crippen molar-refractivity contribution in [1.29, 1.82) is 0 Å². The van der Waals surface area contributed by atoms with Crippen molar-refractivity contribution in [2.75, 3.05) is 13.7 Å². The van der Waals surface area contributed by atoms with Crippen LogP contribution < -0.4 is 4.74 Å². The summed E-state index contributed by atoms with van der Waals surface area (Å²) in [5.41, 5.74) is 4.20. The van der Waals surface area contributed by atoms with Crippen LogP contribution in [-0.4, -0.2) is 13.7 Å². The number of methoxy groups -OCH3 is 1. The average Bonchev–Trinajstić information content (AvgIpc) is 2.64. The van der Waals surface area contributed by atoms with E-state index in [1.807, 2.05) is 49.4 Å². The number of halogens is 2. The van der Waals surface area contributed by atoms with Crippen molar-refractivity contribution in [3.8, 4) is 5.75 Å². The SMILES string of the molecule is CCOC1=C(c2ccc(OC)cc2)[CH]CC=C1c1ccc(Cl)c(Cl)c1. The predicted molar refractivity (Wildman–Crippen MR) is 105 cm³/mol. The summed E-state index contributed by atoms with van der Waals surface area (Å²) in [6, 6.07) is 13.7. The molecule has 2 aromatic rings. The lowest BCUT2D eigenvalue weighted by Gasteiger charge is -2.23. The fourth-order valence-corrected chi connectivity index (χ4v) is 3.16. The van der Waals surface area contributed by atoms with Gasteiger partial charge < -0.3 is 9.47 Å². The van der Waals surface area contributed by atoms with Crippen molar-refractivity contribution in [1.82, 2.24) is 0 Å². The summed E-state index contributed by atoms with van der Waals surface area (Å²) in [7, 11) is 1.66. The second-order valence-electron chi connectivity index (χ2n) is 5.59. The van der Waals surface area contributed by atoms with Crippen molar-refractivity contribution in [3.63, 3.8) is 0 Å². The molecule has 0 aliphatic heterocycles. The van der Waals surface area contributed by atoms with Crippen LogP contribution in [0.25, 0.3) is 11.1 Å². The highest BCUT2D eigenvalue weighted by Crippen LogP contribution is 2.39. The molecule has 25 heavy (non-hydrogen) atoms. The molecule has 1 aliphatic carbocycles. The van der Waals surface area contributed by atoms with Crippen LogP contribution in [-0.2, 0) is 4.74 Å². The lowest BCUT2D eigenvalue weighted by Crippen LogP contribution is -2.05. The van der Waals surface area contributed by atoms with Crippen LogP contribution in [0.1, 0.15) is 24.5 Å². The van der Waals surface area contributed by atoms with Crippen molar-refractivity contribution in [2.45, 2.75) is 13.3 Å². The summed E-state index contributed by atoms with van der Waals surface area (Å²) >= 11 is 12.3. The van der Waals surface area contributed by atoms with Crippen molar-refractivity contribution in [2.24, 2.45) is 0 Å². The topological polar surface area (TPSA) is 18.5 Å². The van der Waals surface area contributed by atoms with Crippen LogP contribution in [0.2, 0.25) is 10.0 Å². The molecular formula is C21H19Cl2O2. The number of rotatable bonds is 5. The van der Waals surface area contributed by atoms with Crippen molar-refractivity contribution in [3.05, 3.63) is 81.9 Å². The quantitative estimate of drug-likeness (QED) is 0.599. The first kappa shape index (κ1) is 17.9. The van der Waals surface area contributed by atoms with Crippen LogP contribution in [0.3, 0.4) is 0 Å². The van der Waals surface area contributed by atoms with Gasteiger partial charge in [0.05, 0.1) is 23.8 Å². The van der Waals surface area contributed by atoms with E-state index in [2.05, 4.69) is 12.5 Å². The molecule has 0 saturated carbocycles. The first-order chi connectivity index (χ1) is 12.1. The smallest absolute Gasteiger partial charge is 0.130 e. The second-order valence-corrected chi connectivity index (χ2v) is 6.41. The highest BCUT2D eigenvalue weighted by molar-refractivity contribution is 6.42. The number of hydrogen-bond acceptors (Lipinski definition) is 2. The minimum Gasteiger partial charge on any atom is -0.497 e. The Morgan fingerprint density at radius 2 is 1.68 bits per heavy atom. The summed E-state index contributed by atoms with van der Waals surface area (Å²) in [4.78, 5) is 0. The molecule has 1 aliphatic rings. The largest absolute Gasteiger partial charge is 0.497 e. The molecule has 2 aromatic carbocycles. The molecular weight excluding hydrogens is 355 g/mol. The molecule has 0 N–H and O–H groups in total. The van der Waals surface area contributed by atoms with E-state index in [0.29, 0.717) is 16.7 Å². The molecule has 3 rings (SSSR count). The average molecular weight is 374 g/mol. The van der Waals surface area contributed by atoms with E-state index in [9.17, 15) is 0 Å². The molecule has 0 bridgehead atoms. The molecule has 0 aromatic heterocycles. The Morgan fingerprint density at radius 1 is 0.960 bits per heavy atom. The van der Waals surface area contributed by atoms with Crippen LogP contribution >= 0.6 is 23.2 Å². The maximum absolute atomic E-state index is 6.21.